The Morgan fingerprint density at radius 3 is 2.40 bits per heavy atom. The van der Waals surface area contributed by atoms with Crippen LogP contribution in [0.25, 0.3) is 0 Å². The van der Waals surface area contributed by atoms with Crippen LogP contribution in [0.3, 0.4) is 0 Å². The van der Waals surface area contributed by atoms with Gasteiger partial charge in [0.15, 0.2) is 5.96 Å². The average molecular weight is 551 g/mol. The average Bonchev–Trinajstić information content (AvgIpc) is 2.77. The molecule has 0 aromatic heterocycles. The van der Waals surface area contributed by atoms with Crippen molar-refractivity contribution in [2.45, 2.75) is 37.1 Å². The largest absolute Gasteiger partial charge is 0.379 e. The molecule has 30 heavy (non-hydrogen) atoms. The smallest absolute Gasteiger partial charge is 0.243 e. The van der Waals surface area contributed by atoms with E-state index in [4.69, 9.17) is 10.5 Å². The molecule has 170 valence electrons. The molecule has 1 aromatic carbocycles. The summed E-state index contributed by atoms with van der Waals surface area (Å²) in [4.78, 5) is 7.09. The highest BCUT2D eigenvalue weighted by Gasteiger charge is 2.25. The van der Waals surface area contributed by atoms with Gasteiger partial charge in [-0.2, -0.15) is 4.31 Å². The molecule has 3 N–H and O–H groups in total. The fourth-order valence-electron chi connectivity index (χ4n) is 3.60. The maximum Gasteiger partial charge on any atom is 0.243 e. The summed E-state index contributed by atoms with van der Waals surface area (Å²) in [6.45, 7) is 7.07. The van der Waals surface area contributed by atoms with Crippen LogP contribution in [-0.4, -0.2) is 76.1 Å². The van der Waals surface area contributed by atoms with Gasteiger partial charge < -0.3 is 15.8 Å². The second-order valence-electron chi connectivity index (χ2n) is 7.54. The van der Waals surface area contributed by atoms with Crippen molar-refractivity contribution in [3.05, 3.63) is 29.8 Å². The van der Waals surface area contributed by atoms with Crippen LogP contribution in [0.2, 0.25) is 0 Å². The third kappa shape index (κ3) is 7.63. The Morgan fingerprint density at radius 2 is 1.73 bits per heavy atom. The van der Waals surface area contributed by atoms with E-state index in [1.54, 1.807) is 16.4 Å². The summed E-state index contributed by atoms with van der Waals surface area (Å²) < 4.78 is 32.3. The van der Waals surface area contributed by atoms with E-state index in [-0.39, 0.29) is 24.0 Å². The molecule has 0 atom stereocenters. The Kier molecular flexibility index (Phi) is 10.8. The number of nitrogens with two attached hydrogens (primary N) is 1. The van der Waals surface area contributed by atoms with Crippen molar-refractivity contribution in [3.63, 3.8) is 0 Å². The maximum absolute atomic E-state index is 12.7. The van der Waals surface area contributed by atoms with Gasteiger partial charge >= 0.3 is 0 Å². The van der Waals surface area contributed by atoms with Gasteiger partial charge in [-0.15, -0.1) is 24.0 Å². The number of nitrogens with zero attached hydrogens (tertiary/aromatic N) is 3. The highest BCUT2D eigenvalue weighted by atomic mass is 127. The first-order valence-corrected chi connectivity index (χ1v) is 11.9. The lowest BCUT2D eigenvalue weighted by atomic mass is 10.2. The lowest BCUT2D eigenvalue weighted by Crippen LogP contribution is -2.39. The van der Waals surface area contributed by atoms with E-state index in [2.05, 4.69) is 15.2 Å². The Morgan fingerprint density at radius 1 is 1.07 bits per heavy atom. The van der Waals surface area contributed by atoms with Crippen LogP contribution >= 0.6 is 24.0 Å². The molecule has 2 aliphatic rings. The minimum atomic E-state index is -3.39. The van der Waals surface area contributed by atoms with Crippen molar-refractivity contribution < 1.29 is 13.2 Å². The summed E-state index contributed by atoms with van der Waals surface area (Å²) in [6, 6.07) is 6.96. The van der Waals surface area contributed by atoms with Gasteiger partial charge in [0.1, 0.15) is 0 Å². The molecule has 0 spiro atoms. The number of guanidine groups is 1. The van der Waals surface area contributed by atoms with Crippen LogP contribution < -0.4 is 11.1 Å². The highest BCUT2D eigenvalue weighted by Crippen LogP contribution is 2.21. The van der Waals surface area contributed by atoms with E-state index in [0.717, 1.165) is 70.6 Å². The van der Waals surface area contributed by atoms with Gasteiger partial charge in [0.25, 0.3) is 0 Å². The van der Waals surface area contributed by atoms with Crippen molar-refractivity contribution >= 4 is 40.0 Å². The third-order valence-corrected chi connectivity index (χ3v) is 7.28. The first-order valence-electron chi connectivity index (χ1n) is 10.5. The molecule has 1 aromatic rings. The number of nitrogens with one attached hydrogen (secondary N) is 1. The number of aliphatic imine (C=N–C) groups is 1. The van der Waals surface area contributed by atoms with E-state index >= 15 is 0 Å². The first kappa shape index (κ1) is 25.3. The number of sulfonamides is 1. The molecule has 0 saturated carbocycles. The predicted octanol–water partition coefficient (Wildman–Crippen LogP) is 1.61. The third-order valence-electron chi connectivity index (χ3n) is 5.37. The number of morpholine rings is 1. The summed E-state index contributed by atoms with van der Waals surface area (Å²) in [5, 5.41) is 3.14. The van der Waals surface area contributed by atoms with Crippen molar-refractivity contribution in [3.8, 4) is 0 Å². The maximum atomic E-state index is 12.7. The van der Waals surface area contributed by atoms with Crippen LogP contribution in [0.5, 0.6) is 0 Å². The predicted molar refractivity (Wildman–Crippen MR) is 130 cm³/mol. The number of piperidine rings is 1. The number of hydrogen-bond donors (Lipinski definition) is 2. The minimum absolute atomic E-state index is 0. The molecule has 0 radical (unpaired) electrons. The highest BCUT2D eigenvalue weighted by molar-refractivity contribution is 14.0. The molecule has 0 aliphatic carbocycles. The van der Waals surface area contributed by atoms with Crippen molar-refractivity contribution in [2.75, 3.05) is 52.5 Å². The molecule has 2 saturated heterocycles. The number of halogens is 1. The molecule has 8 nitrogen and oxygen atoms in total. The molecule has 10 heteroatoms. The van der Waals surface area contributed by atoms with Gasteiger partial charge in [0.05, 0.1) is 24.7 Å². The van der Waals surface area contributed by atoms with Crippen molar-refractivity contribution in [1.82, 2.24) is 14.5 Å². The molecule has 0 unspecified atom stereocenters. The fourth-order valence-corrected chi connectivity index (χ4v) is 5.11. The Bertz CT molecular complexity index is 761. The van der Waals surface area contributed by atoms with Crippen LogP contribution in [-0.2, 0) is 21.3 Å². The number of benzene rings is 1. The van der Waals surface area contributed by atoms with Gasteiger partial charge in [0, 0.05) is 32.7 Å². The lowest BCUT2D eigenvalue weighted by molar-refractivity contribution is 0.0376. The second-order valence-corrected chi connectivity index (χ2v) is 9.48. The fraction of sp³-hybridized carbons (Fsp3) is 0.650. The van der Waals surface area contributed by atoms with Gasteiger partial charge in [-0.05, 0) is 43.5 Å². The van der Waals surface area contributed by atoms with E-state index in [1.165, 1.54) is 0 Å². The summed E-state index contributed by atoms with van der Waals surface area (Å²) in [7, 11) is -3.39. The van der Waals surface area contributed by atoms with Crippen LogP contribution in [0.1, 0.15) is 31.2 Å². The quantitative estimate of drug-likeness (QED) is 0.221. The summed E-state index contributed by atoms with van der Waals surface area (Å²) in [6.07, 6.45) is 3.97. The van der Waals surface area contributed by atoms with E-state index < -0.39 is 10.0 Å². The Hall–Kier alpha value is -0.950. The van der Waals surface area contributed by atoms with Crippen molar-refractivity contribution in [2.24, 2.45) is 10.7 Å². The molecule has 3 rings (SSSR count). The first-order chi connectivity index (χ1) is 14.1. The molecule has 2 heterocycles. The standard InChI is InChI=1S/C20H33N5O3S.HI/c21-20(22-9-4-10-24-13-15-28-16-14-24)23-17-18-5-7-19(8-6-18)29(26,27)25-11-2-1-3-12-25;/h5-8H,1-4,9-17H2,(H3,21,22,23);1H. The van der Waals surface area contributed by atoms with Crippen LogP contribution in [0, 0.1) is 0 Å². The molecular weight excluding hydrogens is 517 g/mol. The number of rotatable bonds is 8. The Labute approximate surface area is 197 Å². The normalized spacial score (nSPS) is 19.3. The van der Waals surface area contributed by atoms with Crippen molar-refractivity contribution in [1.29, 1.82) is 0 Å². The Balaban J connectivity index is 0.00000320. The van der Waals surface area contributed by atoms with E-state index in [1.807, 2.05) is 12.1 Å². The van der Waals surface area contributed by atoms with Crippen LogP contribution in [0.15, 0.2) is 34.2 Å². The van der Waals surface area contributed by atoms with Gasteiger partial charge in [-0.25, -0.2) is 13.4 Å². The number of hydrogen-bond acceptors (Lipinski definition) is 5. The minimum Gasteiger partial charge on any atom is -0.379 e. The van der Waals surface area contributed by atoms with E-state index in [9.17, 15) is 8.42 Å². The summed E-state index contributed by atoms with van der Waals surface area (Å²) >= 11 is 0. The second kappa shape index (κ2) is 12.8. The zero-order chi connectivity index (χ0) is 20.5. The monoisotopic (exact) mass is 551 g/mol. The molecule has 2 fully saturated rings. The lowest BCUT2D eigenvalue weighted by Gasteiger charge is -2.26. The molecule has 0 bridgehead atoms. The topological polar surface area (TPSA) is 100 Å². The molecule has 2 aliphatic heterocycles. The zero-order valence-corrected chi connectivity index (χ0v) is 20.6. The van der Waals surface area contributed by atoms with Crippen LogP contribution in [0.4, 0.5) is 0 Å². The summed E-state index contributed by atoms with van der Waals surface area (Å²) in [5.41, 5.74) is 6.87. The molecule has 0 amide bonds. The molecular formula is C20H34IN5O3S. The van der Waals surface area contributed by atoms with Gasteiger partial charge in [-0.1, -0.05) is 18.6 Å². The summed E-state index contributed by atoms with van der Waals surface area (Å²) in [5.74, 6) is 0.414. The van der Waals surface area contributed by atoms with E-state index in [0.29, 0.717) is 30.5 Å². The zero-order valence-electron chi connectivity index (χ0n) is 17.5. The SMILES string of the molecule is I.NC(=NCc1ccc(S(=O)(=O)N2CCCCC2)cc1)NCCCN1CCOCC1. The van der Waals surface area contributed by atoms with Gasteiger partial charge in [0.2, 0.25) is 10.0 Å². The van der Waals surface area contributed by atoms with Gasteiger partial charge in [-0.3, -0.25) is 4.90 Å². The number of ether oxygens (including phenoxy) is 1.